The molecule has 4 heteroatoms. The number of aromatic nitrogens is 3. The van der Waals surface area contributed by atoms with Crippen molar-refractivity contribution in [3.8, 4) is 5.75 Å². The zero-order valence-corrected chi connectivity index (χ0v) is 11.3. The van der Waals surface area contributed by atoms with Gasteiger partial charge in [-0.3, -0.25) is 0 Å². The van der Waals surface area contributed by atoms with Crippen molar-refractivity contribution in [2.24, 2.45) is 0 Å². The van der Waals surface area contributed by atoms with Crippen LogP contribution in [-0.2, 0) is 12.0 Å². The maximum Gasteiger partial charge on any atom is 0.137 e. The van der Waals surface area contributed by atoms with Gasteiger partial charge in [0.25, 0.3) is 0 Å². The van der Waals surface area contributed by atoms with E-state index in [4.69, 9.17) is 0 Å². The van der Waals surface area contributed by atoms with Gasteiger partial charge in [-0.25, -0.2) is 9.67 Å². The summed E-state index contributed by atoms with van der Waals surface area (Å²) in [5.74, 6) is 0.364. The van der Waals surface area contributed by atoms with Crippen LogP contribution in [0.4, 0.5) is 0 Å². The fourth-order valence-corrected chi connectivity index (χ4v) is 2.03. The highest BCUT2D eigenvalue weighted by molar-refractivity contribution is 5.46. The fourth-order valence-electron chi connectivity index (χ4n) is 2.03. The molecule has 0 aliphatic carbocycles. The van der Waals surface area contributed by atoms with Crippen LogP contribution in [0.25, 0.3) is 0 Å². The summed E-state index contributed by atoms with van der Waals surface area (Å²) in [5.41, 5.74) is 2.92. The lowest BCUT2D eigenvalue weighted by molar-refractivity contribution is 0.436. The molecule has 0 unspecified atom stereocenters. The Kier molecular flexibility index (Phi) is 3.11. The Morgan fingerprint density at radius 2 is 2.00 bits per heavy atom. The fraction of sp³-hybridized carbons (Fsp3) is 0.429. The van der Waals surface area contributed by atoms with Crippen molar-refractivity contribution in [1.82, 2.24) is 14.8 Å². The third kappa shape index (κ3) is 2.53. The predicted octanol–water partition coefficient (Wildman–Crippen LogP) is 2.64. The molecule has 0 aliphatic rings. The number of hydrogen-bond donors (Lipinski definition) is 1. The average molecular weight is 245 g/mol. The van der Waals surface area contributed by atoms with Crippen molar-refractivity contribution in [2.75, 3.05) is 0 Å². The van der Waals surface area contributed by atoms with Gasteiger partial charge in [0, 0.05) is 5.56 Å². The molecule has 4 nitrogen and oxygen atoms in total. The van der Waals surface area contributed by atoms with Gasteiger partial charge in [0.15, 0.2) is 0 Å². The molecule has 1 N–H and O–H groups in total. The van der Waals surface area contributed by atoms with Crippen LogP contribution in [0.3, 0.4) is 0 Å². The molecule has 0 saturated heterocycles. The number of phenolic OH excluding ortho intramolecular Hbond substituents is 1. The number of nitrogens with zero attached hydrogens (tertiary/aromatic N) is 3. The summed E-state index contributed by atoms with van der Waals surface area (Å²) in [4.78, 5) is 3.91. The number of rotatable bonds is 2. The lowest BCUT2D eigenvalue weighted by Crippen LogP contribution is -2.13. The second-order valence-electron chi connectivity index (χ2n) is 5.66. The first-order chi connectivity index (χ1) is 8.38. The van der Waals surface area contributed by atoms with Crippen molar-refractivity contribution in [2.45, 2.75) is 39.7 Å². The van der Waals surface area contributed by atoms with E-state index in [9.17, 15) is 5.11 Å². The van der Waals surface area contributed by atoms with Crippen LogP contribution in [0.2, 0.25) is 0 Å². The molecule has 18 heavy (non-hydrogen) atoms. The Bertz CT molecular complexity index is 539. The summed E-state index contributed by atoms with van der Waals surface area (Å²) >= 11 is 0. The number of aryl methyl sites for hydroxylation is 1. The first-order valence-electron chi connectivity index (χ1n) is 6.03. The lowest BCUT2D eigenvalue weighted by atomic mass is 9.84. The maximum atomic E-state index is 10.4. The molecule has 96 valence electrons. The molecule has 1 aromatic heterocycles. The highest BCUT2D eigenvalue weighted by atomic mass is 16.3. The SMILES string of the molecule is Cc1cc(Cn2cncn2)c(O)c(C(C)(C)C)c1. The van der Waals surface area contributed by atoms with E-state index in [0.717, 1.165) is 16.7 Å². The largest absolute Gasteiger partial charge is 0.507 e. The van der Waals surface area contributed by atoms with E-state index in [1.807, 2.05) is 19.1 Å². The first-order valence-corrected chi connectivity index (χ1v) is 6.03. The van der Waals surface area contributed by atoms with Gasteiger partial charge in [0.1, 0.15) is 18.4 Å². The highest BCUT2D eigenvalue weighted by Gasteiger charge is 2.20. The van der Waals surface area contributed by atoms with Gasteiger partial charge >= 0.3 is 0 Å². The van der Waals surface area contributed by atoms with Crippen molar-refractivity contribution >= 4 is 0 Å². The molecule has 0 fully saturated rings. The molecule has 0 spiro atoms. The summed E-state index contributed by atoms with van der Waals surface area (Å²) < 4.78 is 1.71. The monoisotopic (exact) mass is 245 g/mol. The van der Waals surface area contributed by atoms with Crippen LogP contribution in [0, 0.1) is 6.92 Å². The summed E-state index contributed by atoms with van der Waals surface area (Å²) in [6, 6.07) is 4.03. The van der Waals surface area contributed by atoms with E-state index in [0.29, 0.717) is 12.3 Å². The third-order valence-corrected chi connectivity index (χ3v) is 2.94. The van der Waals surface area contributed by atoms with Crippen molar-refractivity contribution < 1.29 is 5.11 Å². The molecule has 2 rings (SSSR count). The summed E-state index contributed by atoms with van der Waals surface area (Å²) in [6.07, 6.45) is 3.15. The Balaban J connectivity index is 2.45. The van der Waals surface area contributed by atoms with Crippen LogP contribution in [0.5, 0.6) is 5.75 Å². The van der Waals surface area contributed by atoms with E-state index < -0.39 is 0 Å². The van der Waals surface area contributed by atoms with Gasteiger partial charge < -0.3 is 5.11 Å². The number of benzene rings is 1. The second kappa shape index (κ2) is 4.44. The predicted molar refractivity (Wildman–Crippen MR) is 70.7 cm³/mol. The molecule has 0 aliphatic heterocycles. The zero-order chi connectivity index (χ0) is 13.3. The standard InChI is InChI=1S/C14H19N3O/c1-10-5-11(7-17-9-15-8-16-17)13(18)12(6-10)14(2,3)4/h5-6,8-9,18H,7H2,1-4H3. The summed E-state index contributed by atoms with van der Waals surface area (Å²) in [7, 11) is 0. The molecule has 1 heterocycles. The molecule has 0 amide bonds. The normalized spacial score (nSPS) is 11.8. The minimum Gasteiger partial charge on any atom is -0.507 e. The lowest BCUT2D eigenvalue weighted by Gasteiger charge is -2.22. The topological polar surface area (TPSA) is 50.9 Å². The van der Waals surface area contributed by atoms with Crippen LogP contribution in [-0.4, -0.2) is 19.9 Å². The molecule has 0 bridgehead atoms. The number of hydrogen-bond acceptors (Lipinski definition) is 3. The Hall–Kier alpha value is -1.84. The van der Waals surface area contributed by atoms with Crippen LogP contribution >= 0.6 is 0 Å². The van der Waals surface area contributed by atoms with Crippen molar-refractivity contribution in [1.29, 1.82) is 0 Å². The second-order valence-corrected chi connectivity index (χ2v) is 5.66. The summed E-state index contributed by atoms with van der Waals surface area (Å²) in [6.45, 7) is 8.87. The number of phenols is 1. The summed E-state index contributed by atoms with van der Waals surface area (Å²) in [5, 5.41) is 14.5. The molecule has 2 aromatic rings. The van der Waals surface area contributed by atoms with E-state index in [1.165, 1.54) is 6.33 Å². The molecule has 0 atom stereocenters. The first kappa shape index (κ1) is 12.6. The smallest absolute Gasteiger partial charge is 0.137 e. The van der Waals surface area contributed by atoms with Gasteiger partial charge in [-0.05, 0) is 17.9 Å². The molecular weight excluding hydrogens is 226 g/mol. The van der Waals surface area contributed by atoms with Gasteiger partial charge in [-0.15, -0.1) is 0 Å². The third-order valence-electron chi connectivity index (χ3n) is 2.94. The minimum absolute atomic E-state index is 0.0762. The van der Waals surface area contributed by atoms with E-state index in [1.54, 1.807) is 11.0 Å². The Morgan fingerprint density at radius 1 is 1.28 bits per heavy atom. The van der Waals surface area contributed by atoms with E-state index in [-0.39, 0.29) is 5.41 Å². The van der Waals surface area contributed by atoms with Gasteiger partial charge in [-0.1, -0.05) is 38.5 Å². The quantitative estimate of drug-likeness (QED) is 0.885. The zero-order valence-electron chi connectivity index (χ0n) is 11.3. The highest BCUT2D eigenvalue weighted by Crippen LogP contribution is 2.34. The van der Waals surface area contributed by atoms with E-state index >= 15 is 0 Å². The Labute approximate surface area is 107 Å². The van der Waals surface area contributed by atoms with Crippen molar-refractivity contribution in [3.63, 3.8) is 0 Å². The molecule has 0 saturated carbocycles. The molecular formula is C14H19N3O. The van der Waals surface area contributed by atoms with Gasteiger partial charge in [-0.2, -0.15) is 5.10 Å². The molecule has 1 aromatic carbocycles. The van der Waals surface area contributed by atoms with Crippen LogP contribution < -0.4 is 0 Å². The van der Waals surface area contributed by atoms with Crippen molar-refractivity contribution in [3.05, 3.63) is 41.5 Å². The van der Waals surface area contributed by atoms with Crippen LogP contribution in [0.15, 0.2) is 24.8 Å². The number of aromatic hydroxyl groups is 1. The molecule has 0 radical (unpaired) electrons. The Morgan fingerprint density at radius 3 is 2.56 bits per heavy atom. The van der Waals surface area contributed by atoms with Gasteiger partial charge in [0.05, 0.1) is 6.54 Å². The minimum atomic E-state index is -0.0762. The maximum absolute atomic E-state index is 10.4. The van der Waals surface area contributed by atoms with Gasteiger partial charge in [0.2, 0.25) is 0 Å². The average Bonchev–Trinajstić information content (AvgIpc) is 2.74. The van der Waals surface area contributed by atoms with E-state index in [2.05, 4.69) is 30.9 Å². The van der Waals surface area contributed by atoms with Crippen LogP contribution in [0.1, 0.15) is 37.5 Å².